The minimum Gasteiger partial charge on any atom is -0.465 e. The number of aromatic nitrogens is 1. The lowest BCUT2D eigenvalue weighted by Crippen LogP contribution is -2.35. The van der Waals surface area contributed by atoms with E-state index in [0.29, 0.717) is 21.5 Å². The summed E-state index contributed by atoms with van der Waals surface area (Å²) >= 11 is 13.5. The van der Waals surface area contributed by atoms with E-state index in [1.807, 2.05) is 6.07 Å². The van der Waals surface area contributed by atoms with Crippen LogP contribution in [0.5, 0.6) is 0 Å². The summed E-state index contributed by atoms with van der Waals surface area (Å²) in [6, 6.07) is 5.24. The monoisotopic (exact) mass is 429 g/mol. The highest BCUT2D eigenvalue weighted by Gasteiger charge is 2.32. The lowest BCUT2D eigenvalue weighted by molar-refractivity contribution is 0.0306. The van der Waals surface area contributed by atoms with E-state index < -0.39 is 12.0 Å². The summed E-state index contributed by atoms with van der Waals surface area (Å²) in [7, 11) is 0. The standard InChI is InChI=1S/C17H17Cl2N3O4S/c18-11-2-1-9(5-12(11)19)15-10(7-22(17(24)25)3-4-26-15)6-14-21-13(8-27-14)16(20)23/h1-2,5,8,10,15H,3-4,6-7H2,(H2,20,23)(H,24,25)/t10-,15+/m1/s1. The molecule has 2 aromatic rings. The Balaban J connectivity index is 1.91. The molecule has 10 heteroatoms. The number of rotatable bonds is 4. The molecular weight excluding hydrogens is 413 g/mol. The fraction of sp³-hybridized carbons (Fsp3) is 0.353. The number of nitrogens with zero attached hydrogens (tertiary/aromatic N) is 2. The number of primary amides is 1. The van der Waals surface area contributed by atoms with Gasteiger partial charge in [-0.3, -0.25) is 4.79 Å². The minimum atomic E-state index is -1.00. The molecule has 1 aliphatic heterocycles. The van der Waals surface area contributed by atoms with Crippen molar-refractivity contribution in [2.24, 2.45) is 11.7 Å². The molecule has 7 nitrogen and oxygen atoms in total. The molecule has 0 unspecified atom stereocenters. The summed E-state index contributed by atoms with van der Waals surface area (Å²) in [6.45, 7) is 0.803. The number of hydrogen-bond acceptors (Lipinski definition) is 5. The van der Waals surface area contributed by atoms with Gasteiger partial charge in [0, 0.05) is 30.8 Å². The van der Waals surface area contributed by atoms with Crippen LogP contribution in [-0.2, 0) is 11.2 Å². The molecule has 2 atom stereocenters. The summed E-state index contributed by atoms with van der Waals surface area (Å²) < 4.78 is 5.98. The van der Waals surface area contributed by atoms with Crippen molar-refractivity contribution in [1.82, 2.24) is 9.88 Å². The number of amides is 2. The zero-order valence-electron chi connectivity index (χ0n) is 14.1. The molecule has 3 N–H and O–H groups in total. The first-order valence-corrected chi connectivity index (χ1v) is 9.77. The first-order valence-electron chi connectivity index (χ1n) is 8.13. The van der Waals surface area contributed by atoms with Crippen molar-refractivity contribution in [3.8, 4) is 0 Å². The van der Waals surface area contributed by atoms with Gasteiger partial charge in [-0.05, 0) is 17.7 Å². The second-order valence-electron chi connectivity index (χ2n) is 6.15. The Bertz CT molecular complexity index is 860. The molecule has 1 aromatic heterocycles. The normalized spacial score (nSPS) is 20.3. The first kappa shape index (κ1) is 19.9. The second kappa shape index (κ2) is 8.43. The quantitative estimate of drug-likeness (QED) is 0.773. The SMILES string of the molecule is NC(=O)c1csc(C[C@@H]2CN(C(=O)O)CCO[C@H]2c2ccc(Cl)c(Cl)c2)n1. The summed E-state index contributed by atoms with van der Waals surface area (Å²) in [4.78, 5) is 28.3. The molecule has 1 aromatic carbocycles. The van der Waals surface area contributed by atoms with Crippen LogP contribution in [0.2, 0.25) is 10.0 Å². The average molecular weight is 430 g/mol. The van der Waals surface area contributed by atoms with Gasteiger partial charge in [0.05, 0.1) is 27.8 Å². The van der Waals surface area contributed by atoms with Crippen LogP contribution in [0.15, 0.2) is 23.6 Å². The van der Waals surface area contributed by atoms with Gasteiger partial charge in [0.25, 0.3) is 5.91 Å². The number of ether oxygens (including phenoxy) is 1. The molecule has 1 saturated heterocycles. The Morgan fingerprint density at radius 2 is 2.15 bits per heavy atom. The number of thiazole rings is 1. The van der Waals surface area contributed by atoms with Gasteiger partial charge >= 0.3 is 6.09 Å². The number of carbonyl (C=O) groups is 2. The van der Waals surface area contributed by atoms with Crippen molar-refractivity contribution in [3.63, 3.8) is 0 Å². The zero-order chi connectivity index (χ0) is 19.6. The van der Waals surface area contributed by atoms with Crippen molar-refractivity contribution in [1.29, 1.82) is 0 Å². The zero-order valence-corrected chi connectivity index (χ0v) is 16.4. The molecular formula is C17H17Cl2N3O4S. The highest BCUT2D eigenvalue weighted by molar-refractivity contribution is 7.09. The molecule has 1 fully saturated rings. The van der Waals surface area contributed by atoms with Crippen LogP contribution in [-0.4, -0.2) is 46.7 Å². The van der Waals surface area contributed by atoms with Gasteiger partial charge in [0.15, 0.2) is 0 Å². The molecule has 0 saturated carbocycles. The van der Waals surface area contributed by atoms with E-state index >= 15 is 0 Å². The maximum atomic E-state index is 11.5. The molecule has 27 heavy (non-hydrogen) atoms. The lowest BCUT2D eigenvalue weighted by atomic mass is 9.92. The third-order valence-corrected chi connectivity index (χ3v) is 5.94. The third-order valence-electron chi connectivity index (χ3n) is 4.33. The second-order valence-corrected chi connectivity index (χ2v) is 7.91. The van der Waals surface area contributed by atoms with E-state index in [9.17, 15) is 14.7 Å². The summed E-state index contributed by atoms with van der Waals surface area (Å²) in [5.41, 5.74) is 6.28. The maximum absolute atomic E-state index is 11.5. The molecule has 3 rings (SSSR count). The predicted octanol–water partition coefficient (Wildman–Crippen LogP) is 3.46. The predicted molar refractivity (Wildman–Crippen MR) is 103 cm³/mol. The first-order chi connectivity index (χ1) is 12.8. The third kappa shape index (κ3) is 4.70. The van der Waals surface area contributed by atoms with Crippen molar-refractivity contribution in [3.05, 3.63) is 49.9 Å². The van der Waals surface area contributed by atoms with E-state index in [0.717, 1.165) is 5.56 Å². The number of hydrogen-bond donors (Lipinski definition) is 2. The van der Waals surface area contributed by atoms with Crippen LogP contribution < -0.4 is 5.73 Å². The molecule has 2 heterocycles. The number of halogens is 2. The summed E-state index contributed by atoms with van der Waals surface area (Å²) in [5.74, 6) is -0.810. The van der Waals surface area contributed by atoms with Gasteiger partial charge < -0.3 is 20.5 Å². The number of carboxylic acid groups (broad SMARTS) is 1. The van der Waals surface area contributed by atoms with Crippen LogP contribution in [0.1, 0.15) is 27.2 Å². The minimum absolute atomic E-state index is 0.200. The van der Waals surface area contributed by atoms with Crippen molar-refractivity contribution in [2.45, 2.75) is 12.5 Å². The van der Waals surface area contributed by atoms with E-state index in [1.54, 1.807) is 17.5 Å². The Hall–Kier alpha value is -1.87. The van der Waals surface area contributed by atoms with Crippen molar-refractivity contribution >= 4 is 46.5 Å². The maximum Gasteiger partial charge on any atom is 0.407 e. The Morgan fingerprint density at radius 1 is 1.37 bits per heavy atom. The van der Waals surface area contributed by atoms with Gasteiger partial charge in [0.1, 0.15) is 5.69 Å². The van der Waals surface area contributed by atoms with Gasteiger partial charge in [0.2, 0.25) is 0 Å². The molecule has 1 aliphatic rings. The number of benzene rings is 1. The van der Waals surface area contributed by atoms with Crippen LogP contribution >= 0.6 is 34.5 Å². The fourth-order valence-electron chi connectivity index (χ4n) is 3.04. The highest BCUT2D eigenvalue weighted by atomic mass is 35.5. The molecule has 2 amide bonds. The van der Waals surface area contributed by atoms with E-state index in [1.165, 1.54) is 16.2 Å². The Kier molecular flexibility index (Phi) is 6.21. The largest absolute Gasteiger partial charge is 0.465 e. The lowest BCUT2D eigenvalue weighted by Gasteiger charge is -2.26. The van der Waals surface area contributed by atoms with E-state index in [-0.39, 0.29) is 37.4 Å². The summed E-state index contributed by atoms with van der Waals surface area (Å²) in [5, 5.41) is 12.5. The van der Waals surface area contributed by atoms with Crippen molar-refractivity contribution in [2.75, 3.05) is 19.7 Å². The van der Waals surface area contributed by atoms with E-state index in [4.69, 9.17) is 33.7 Å². The van der Waals surface area contributed by atoms with Crippen LogP contribution in [0.3, 0.4) is 0 Å². The molecule has 0 radical (unpaired) electrons. The Labute approximate surface area is 169 Å². The smallest absolute Gasteiger partial charge is 0.407 e. The Morgan fingerprint density at radius 3 is 2.78 bits per heavy atom. The van der Waals surface area contributed by atoms with Gasteiger partial charge in [-0.1, -0.05) is 29.3 Å². The molecule has 0 bridgehead atoms. The molecule has 0 spiro atoms. The number of carbonyl (C=O) groups excluding carboxylic acids is 1. The van der Waals surface area contributed by atoms with Crippen LogP contribution in [0.25, 0.3) is 0 Å². The fourth-order valence-corrected chi connectivity index (χ4v) is 4.23. The van der Waals surface area contributed by atoms with Gasteiger partial charge in [-0.2, -0.15) is 0 Å². The van der Waals surface area contributed by atoms with Gasteiger partial charge in [-0.15, -0.1) is 11.3 Å². The van der Waals surface area contributed by atoms with Crippen LogP contribution in [0, 0.1) is 5.92 Å². The summed E-state index contributed by atoms with van der Waals surface area (Å²) in [6.07, 6.45) is -0.951. The van der Waals surface area contributed by atoms with Crippen molar-refractivity contribution < 1.29 is 19.4 Å². The topological polar surface area (TPSA) is 106 Å². The molecule has 144 valence electrons. The number of nitrogens with two attached hydrogens (primary N) is 1. The average Bonchev–Trinajstić information content (AvgIpc) is 2.98. The van der Waals surface area contributed by atoms with Crippen LogP contribution in [0.4, 0.5) is 4.79 Å². The van der Waals surface area contributed by atoms with E-state index in [2.05, 4.69) is 4.98 Å². The van der Waals surface area contributed by atoms with Gasteiger partial charge in [-0.25, -0.2) is 9.78 Å². The highest BCUT2D eigenvalue weighted by Crippen LogP contribution is 2.35. The molecule has 0 aliphatic carbocycles.